The van der Waals surface area contributed by atoms with Crippen LogP contribution in [0.3, 0.4) is 0 Å². The Morgan fingerprint density at radius 2 is 2.41 bits per heavy atom. The maximum absolute atomic E-state index is 9.43. The van der Waals surface area contributed by atoms with Crippen LogP contribution in [0, 0.1) is 17.2 Å². The highest BCUT2D eigenvalue weighted by molar-refractivity contribution is 7.99. The molecule has 92 valence electrons. The third kappa shape index (κ3) is 2.58. The number of aromatic nitrogens is 4. The number of thioether (sulfide) groups is 1. The quantitative estimate of drug-likeness (QED) is 0.746. The number of nitrogens with zero attached hydrogens (tertiary/aromatic N) is 5. The topological polar surface area (TPSA) is 79.4 Å². The van der Waals surface area contributed by atoms with E-state index in [4.69, 9.17) is 0 Å². The SMILES string of the molecule is CCNC(C#N)(CSc1nnnn1C)C1CC1. The van der Waals surface area contributed by atoms with Crippen molar-refractivity contribution in [3.8, 4) is 6.07 Å². The summed E-state index contributed by atoms with van der Waals surface area (Å²) >= 11 is 1.54. The van der Waals surface area contributed by atoms with Crippen LogP contribution in [0.5, 0.6) is 0 Å². The summed E-state index contributed by atoms with van der Waals surface area (Å²) in [6.45, 7) is 2.84. The largest absolute Gasteiger partial charge is 0.299 e. The standard InChI is InChI=1S/C10H16N6S/c1-3-12-10(6-11,8-4-5-8)7-17-9-13-14-15-16(9)2/h8,12H,3-5,7H2,1-2H3. The molecule has 7 heteroatoms. The Bertz CT molecular complexity index is 421. The van der Waals surface area contributed by atoms with Crippen molar-refractivity contribution in [2.45, 2.75) is 30.5 Å². The molecule has 0 bridgehead atoms. The minimum atomic E-state index is -0.425. The van der Waals surface area contributed by atoms with Gasteiger partial charge in [-0.3, -0.25) is 5.32 Å². The zero-order valence-electron chi connectivity index (χ0n) is 10.1. The fourth-order valence-corrected chi connectivity index (χ4v) is 2.97. The lowest BCUT2D eigenvalue weighted by Crippen LogP contribution is -2.48. The molecule has 1 saturated carbocycles. The maximum atomic E-state index is 9.43. The van der Waals surface area contributed by atoms with Crippen LogP contribution in [0.2, 0.25) is 0 Å². The molecule has 6 nitrogen and oxygen atoms in total. The lowest BCUT2D eigenvalue weighted by molar-refractivity contribution is 0.415. The summed E-state index contributed by atoms with van der Waals surface area (Å²) in [5.41, 5.74) is -0.425. The molecule has 17 heavy (non-hydrogen) atoms. The van der Waals surface area contributed by atoms with Crippen molar-refractivity contribution >= 4 is 11.8 Å². The van der Waals surface area contributed by atoms with E-state index in [1.54, 1.807) is 11.7 Å². The normalized spacial score (nSPS) is 18.6. The molecule has 1 atom stereocenters. The molecule has 1 heterocycles. The first kappa shape index (κ1) is 12.3. The highest BCUT2D eigenvalue weighted by atomic mass is 32.2. The lowest BCUT2D eigenvalue weighted by Gasteiger charge is -2.26. The summed E-state index contributed by atoms with van der Waals surface area (Å²) in [4.78, 5) is 0. The number of nitrogens with one attached hydrogen (secondary N) is 1. The summed E-state index contributed by atoms with van der Waals surface area (Å²) in [6, 6.07) is 2.45. The predicted octanol–water partition coefficient (Wildman–Crippen LogP) is 0.584. The lowest BCUT2D eigenvalue weighted by atomic mass is 9.98. The summed E-state index contributed by atoms with van der Waals surface area (Å²) in [6.07, 6.45) is 2.27. The van der Waals surface area contributed by atoms with Gasteiger partial charge in [-0.2, -0.15) is 5.26 Å². The minimum Gasteiger partial charge on any atom is -0.299 e. The molecule has 0 aromatic carbocycles. The van der Waals surface area contributed by atoms with Crippen molar-refractivity contribution in [1.82, 2.24) is 25.5 Å². The second-order valence-corrected chi connectivity index (χ2v) is 5.20. The van der Waals surface area contributed by atoms with Crippen LogP contribution >= 0.6 is 11.8 Å². The highest BCUT2D eigenvalue weighted by Crippen LogP contribution is 2.41. The molecule has 0 saturated heterocycles. The molecule has 1 aromatic rings. The van der Waals surface area contributed by atoms with E-state index in [0.29, 0.717) is 11.7 Å². The summed E-state index contributed by atoms with van der Waals surface area (Å²) in [5, 5.41) is 24.8. The smallest absolute Gasteiger partial charge is 0.209 e. The van der Waals surface area contributed by atoms with Crippen molar-refractivity contribution in [2.75, 3.05) is 12.3 Å². The Hall–Kier alpha value is -1.13. The van der Waals surface area contributed by atoms with Gasteiger partial charge in [-0.1, -0.05) is 18.7 Å². The third-order valence-corrected chi connectivity index (χ3v) is 4.18. The van der Waals surface area contributed by atoms with Gasteiger partial charge in [-0.25, -0.2) is 4.68 Å². The second kappa shape index (κ2) is 5.02. The van der Waals surface area contributed by atoms with E-state index >= 15 is 0 Å². The third-order valence-electron chi connectivity index (χ3n) is 2.98. The van der Waals surface area contributed by atoms with E-state index in [1.807, 2.05) is 6.92 Å². The van der Waals surface area contributed by atoms with Crippen LogP contribution in [-0.2, 0) is 7.05 Å². The Morgan fingerprint density at radius 3 is 2.88 bits per heavy atom. The van der Waals surface area contributed by atoms with E-state index in [0.717, 1.165) is 24.5 Å². The molecule has 1 aliphatic carbocycles. The van der Waals surface area contributed by atoms with Gasteiger partial charge in [0.25, 0.3) is 0 Å². The monoisotopic (exact) mass is 252 g/mol. The van der Waals surface area contributed by atoms with E-state index in [2.05, 4.69) is 26.9 Å². The van der Waals surface area contributed by atoms with Gasteiger partial charge < -0.3 is 0 Å². The molecule has 1 unspecified atom stereocenters. The first-order valence-electron chi connectivity index (χ1n) is 5.73. The van der Waals surface area contributed by atoms with Gasteiger partial charge in [-0.05, 0) is 35.7 Å². The first-order chi connectivity index (χ1) is 8.22. The number of nitriles is 1. The van der Waals surface area contributed by atoms with Gasteiger partial charge in [0, 0.05) is 12.8 Å². The Balaban J connectivity index is 2.03. The number of hydrogen-bond acceptors (Lipinski definition) is 6. The summed E-state index contributed by atoms with van der Waals surface area (Å²) < 4.78 is 1.63. The van der Waals surface area contributed by atoms with Crippen LogP contribution in [0.4, 0.5) is 0 Å². The van der Waals surface area contributed by atoms with Crippen molar-refractivity contribution in [3.63, 3.8) is 0 Å². The molecule has 0 radical (unpaired) electrons. The van der Waals surface area contributed by atoms with Crippen LogP contribution in [0.15, 0.2) is 5.16 Å². The number of hydrogen-bond donors (Lipinski definition) is 1. The molecule has 1 aliphatic rings. The number of rotatable bonds is 6. The maximum Gasteiger partial charge on any atom is 0.209 e. The van der Waals surface area contributed by atoms with E-state index in [9.17, 15) is 5.26 Å². The molecular weight excluding hydrogens is 236 g/mol. The molecule has 0 aliphatic heterocycles. The fourth-order valence-electron chi connectivity index (χ4n) is 1.89. The van der Waals surface area contributed by atoms with Gasteiger partial charge in [-0.15, -0.1) is 5.10 Å². The fraction of sp³-hybridized carbons (Fsp3) is 0.800. The predicted molar refractivity (Wildman–Crippen MR) is 64.3 cm³/mol. The second-order valence-electron chi connectivity index (χ2n) is 4.26. The highest BCUT2D eigenvalue weighted by Gasteiger charge is 2.45. The molecule has 1 fully saturated rings. The van der Waals surface area contributed by atoms with Crippen molar-refractivity contribution in [3.05, 3.63) is 0 Å². The van der Waals surface area contributed by atoms with Crippen molar-refractivity contribution < 1.29 is 0 Å². The van der Waals surface area contributed by atoms with Gasteiger partial charge >= 0.3 is 0 Å². The number of aryl methyl sites for hydroxylation is 1. The Morgan fingerprint density at radius 1 is 1.65 bits per heavy atom. The van der Waals surface area contributed by atoms with Gasteiger partial charge in [0.15, 0.2) is 0 Å². The van der Waals surface area contributed by atoms with Crippen LogP contribution in [-0.4, -0.2) is 38.0 Å². The van der Waals surface area contributed by atoms with E-state index in [1.165, 1.54) is 11.8 Å². The van der Waals surface area contributed by atoms with Gasteiger partial charge in [0.1, 0.15) is 5.54 Å². The molecule has 1 aromatic heterocycles. The summed E-state index contributed by atoms with van der Waals surface area (Å²) in [5.74, 6) is 1.16. The molecular formula is C10H16N6S. The Labute approximate surface area is 105 Å². The zero-order valence-corrected chi connectivity index (χ0v) is 10.9. The zero-order chi connectivity index (χ0) is 12.3. The van der Waals surface area contributed by atoms with Crippen molar-refractivity contribution in [1.29, 1.82) is 5.26 Å². The summed E-state index contributed by atoms with van der Waals surface area (Å²) in [7, 11) is 1.81. The minimum absolute atomic E-state index is 0.425. The average molecular weight is 252 g/mol. The van der Waals surface area contributed by atoms with E-state index in [-0.39, 0.29) is 0 Å². The first-order valence-corrected chi connectivity index (χ1v) is 6.72. The van der Waals surface area contributed by atoms with Crippen molar-refractivity contribution in [2.24, 2.45) is 13.0 Å². The van der Waals surface area contributed by atoms with Crippen LogP contribution in [0.25, 0.3) is 0 Å². The van der Waals surface area contributed by atoms with Crippen LogP contribution in [0.1, 0.15) is 19.8 Å². The molecule has 2 rings (SSSR count). The molecule has 1 N–H and O–H groups in total. The van der Waals surface area contributed by atoms with Gasteiger partial charge in [0.05, 0.1) is 6.07 Å². The van der Waals surface area contributed by atoms with E-state index < -0.39 is 5.54 Å². The molecule has 0 amide bonds. The van der Waals surface area contributed by atoms with Gasteiger partial charge in [0.2, 0.25) is 5.16 Å². The number of tetrazole rings is 1. The van der Waals surface area contributed by atoms with Crippen LogP contribution < -0.4 is 5.32 Å². The average Bonchev–Trinajstić information content (AvgIpc) is 3.10. The molecule has 0 spiro atoms. The Kier molecular flexibility index (Phi) is 3.64.